The van der Waals surface area contributed by atoms with E-state index in [2.05, 4.69) is 26.1 Å². The molecule has 1 rings (SSSR count). The molecule has 4 nitrogen and oxygen atoms in total. The van der Waals surface area contributed by atoms with Crippen molar-refractivity contribution in [3.8, 4) is 5.75 Å². The summed E-state index contributed by atoms with van der Waals surface area (Å²) in [6.45, 7) is 7.97. The minimum atomic E-state index is 0.0382. The van der Waals surface area contributed by atoms with Crippen LogP contribution in [0.5, 0.6) is 5.75 Å². The van der Waals surface area contributed by atoms with Crippen molar-refractivity contribution in [2.75, 3.05) is 26.7 Å². The molecule has 1 amide bonds. The standard InChI is InChI=1S/C16H25ClN2O2/c1-16(2,3)18-10-9-15(20)19(4)11-12-21-14-7-5-13(17)6-8-14/h5-8,18H,9-12H2,1-4H3. The average molecular weight is 313 g/mol. The van der Waals surface area contributed by atoms with Gasteiger partial charge < -0.3 is 15.0 Å². The molecular formula is C16H25ClN2O2. The molecule has 0 saturated carbocycles. The number of nitrogens with one attached hydrogen (secondary N) is 1. The van der Waals surface area contributed by atoms with Crippen molar-refractivity contribution in [2.24, 2.45) is 0 Å². The largest absolute Gasteiger partial charge is 0.492 e. The number of nitrogens with zero attached hydrogens (tertiary/aromatic N) is 1. The highest BCUT2D eigenvalue weighted by molar-refractivity contribution is 6.30. The minimum Gasteiger partial charge on any atom is -0.492 e. The Labute approximate surface area is 132 Å². The molecule has 0 heterocycles. The molecule has 0 unspecified atom stereocenters. The Morgan fingerprint density at radius 2 is 1.90 bits per heavy atom. The van der Waals surface area contributed by atoms with Crippen LogP contribution in [0.1, 0.15) is 27.2 Å². The van der Waals surface area contributed by atoms with E-state index < -0.39 is 0 Å². The molecule has 1 aromatic rings. The number of ether oxygens (including phenoxy) is 1. The molecule has 0 aromatic heterocycles. The number of carbonyl (C=O) groups excluding carboxylic acids is 1. The number of amides is 1. The summed E-state index contributed by atoms with van der Waals surface area (Å²) >= 11 is 5.80. The lowest BCUT2D eigenvalue weighted by atomic mass is 10.1. The van der Waals surface area contributed by atoms with Gasteiger partial charge in [-0.2, -0.15) is 0 Å². The Morgan fingerprint density at radius 3 is 2.48 bits per heavy atom. The SMILES string of the molecule is CN(CCOc1ccc(Cl)cc1)C(=O)CCNC(C)(C)C. The zero-order valence-electron chi connectivity index (χ0n) is 13.3. The van der Waals surface area contributed by atoms with Gasteiger partial charge in [-0.3, -0.25) is 4.79 Å². The van der Waals surface area contributed by atoms with Gasteiger partial charge in [0.1, 0.15) is 12.4 Å². The molecule has 0 aliphatic carbocycles. The predicted octanol–water partition coefficient (Wildman–Crippen LogP) is 2.96. The van der Waals surface area contributed by atoms with Gasteiger partial charge in [0.25, 0.3) is 0 Å². The maximum absolute atomic E-state index is 11.9. The first-order valence-corrected chi connectivity index (χ1v) is 7.53. The number of likely N-dealkylation sites (N-methyl/N-ethyl adjacent to an activating group) is 1. The van der Waals surface area contributed by atoms with Crippen molar-refractivity contribution in [3.05, 3.63) is 29.3 Å². The lowest BCUT2D eigenvalue weighted by molar-refractivity contribution is -0.130. The van der Waals surface area contributed by atoms with Crippen molar-refractivity contribution in [2.45, 2.75) is 32.7 Å². The lowest BCUT2D eigenvalue weighted by Crippen LogP contribution is -2.39. The fourth-order valence-corrected chi connectivity index (χ4v) is 1.82. The van der Waals surface area contributed by atoms with Crippen molar-refractivity contribution in [3.63, 3.8) is 0 Å². The van der Waals surface area contributed by atoms with E-state index in [0.717, 1.165) is 5.75 Å². The highest BCUT2D eigenvalue weighted by Crippen LogP contribution is 2.15. The van der Waals surface area contributed by atoms with E-state index in [-0.39, 0.29) is 11.4 Å². The molecule has 5 heteroatoms. The molecule has 0 aliphatic heterocycles. The highest BCUT2D eigenvalue weighted by atomic mass is 35.5. The minimum absolute atomic E-state index is 0.0382. The number of carbonyl (C=O) groups is 1. The molecule has 0 saturated heterocycles. The van der Waals surface area contributed by atoms with Crippen molar-refractivity contribution >= 4 is 17.5 Å². The summed E-state index contributed by atoms with van der Waals surface area (Å²) in [5.74, 6) is 0.876. The Kier molecular flexibility index (Phi) is 6.99. The van der Waals surface area contributed by atoms with E-state index in [9.17, 15) is 4.79 Å². The van der Waals surface area contributed by atoms with E-state index in [0.29, 0.717) is 31.1 Å². The maximum Gasteiger partial charge on any atom is 0.223 e. The van der Waals surface area contributed by atoms with Crippen LogP contribution in [0.15, 0.2) is 24.3 Å². The van der Waals surface area contributed by atoms with Gasteiger partial charge in [-0.15, -0.1) is 0 Å². The Balaban J connectivity index is 2.22. The summed E-state index contributed by atoms with van der Waals surface area (Å²) < 4.78 is 5.57. The molecule has 0 atom stereocenters. The molecule has 0 radical (unpaired) electrons. The fraction of sp³-hybridized carbons (Fsp3) is 0.562. The summed E-state index contributed by atoms with van der Waals surface area (Å²) in [4.78, 5) is 13.6. The van der Waals surface area contributed by atoms with E-state index in [1.54, 1.807) is 24.1 Å². The Hall–Kier alpha value is -1.26. The fourth-order valence-electron chi connectivity index (χ4n) is 1.69. The number of rotatable bonds is 7. The summed E-state index contributed by atoms with van der Waals surface area (Å²) in [5.41, 5.74) is 0.0382. The van der Waals surface area contributed by atoms with Crippen LogP contribution < -0.4 is 10.1 Å². The Bertz CT molecular complexity index is 441. The second kappa shape index (κ2) is 8.25. The van der Waals surface area contributed by atoms with Crippen LogP contribution in [0.4, 0.5) is 0 Å². The van der Waals surface area contributed by atoms with Crippen LogP contribution in [-0.4, -0.2) is 43.1 Å². The summed E-state index contributed by atoms with van der Waals surface area (Å²) in [5, 5.41) is 3.99. The van der Waals surface area contributed by atoms with Gasteiger partial charge in [0.05, 0.1) is 6.54 Å². The third kappa shape index (κ3) is 7.93. The third-order valence-corrected chi connectivity index (χ3v) is 3.18. The van der Waals surface area contributed by atoms with Crippen LogP contribution in [0.2, 0.25) is 5.02 Å². The van der Waals surface area contributed by atoms with E-state index in [4.69, 9.17) is 16.3 Å². The lowest BCUT2D eigenvalue weighted by Gasteiger charge is -2.22. The van der Waals surface area contributed by atoms with Crippen LogP contribution in [0.25, 0.3) is 0 Å². The van der Waals surface area contributed by atoms with Gasteiger partial charge in [-0.1, -0.05) is 11.6 Å². The van der Waals surface area contributed by atoms with E-state index in [1.165, 1.54) is 0 Å². The zero-order valence-corrected chi connectivity index (χ0v) is 14.0. The van der Waals surface area contributed by atoms with Gasteiger partial charge in [0, 0.05) is 30.6 Å². The number of hydrogen-bond acceptors (Lipinski definition) is 3. The normalized spacial score (nSPS) is 11.3. The van der Waals surface area contributed by atoms with Gasteiger partial charge in [-0.25, -0.2) is 0 Å². The molecule has 1 aromatic carbocycles. The summed E-state index contributed by atoms with van der Waals surface area (Å²) in [6, 6.07) is 7.20. The number of hydrogen-bond donors (Lipinski definition) is 1. The molecular weight excluding hydrogens is 288 g/mol. The second-order valence-corrected chi connectivity index (χ2v) is 6.48. The van der Waals surface area contributed by atoms with Crippen molar-refractivity contribution < 1.29 is 9.53 Å². The van der Waals surface area contributed by atoms with E-state index >= 15 is 0 Å². The predicted molar refractivity (Wildman–Crippen MR) is 87.0 cm³/mol. The number of benzene rings is 1. The third-order valence-electron chi connectivity index (χ3n) is 2.93. The molecule has 118 valence electrons. The first kappa shape index (κ1) is 17.8. The molecule has 21 heavy (non-hydrogen) atoms. The van der Waals surface area contributed by atoms with Crippen molar-refractivity contribution in [1.82, 2.24) is 10.2 Å². The Morgan fingerprint density at radius 1 is 1.29 bits per heavy atom. The first-order chi connectivity index (χ1) is 9.78. The number of halogens is 1. The van der Waals surface area contributed by atoms with Crippen LogP contribution in [-0.2, 0) is 4.79 Å². The average Bonchev–Trinajstić information content (AvgIpc) is 2.39. The van der Waals surface area contributed by atoms with E-state index in [1.807, 2.05) is 12.1 Å². The summed E-state index contributed by atoms with van der Waals surface area (Å²) in [7, 11) is 1.80. The van der Waals surface area contributed by atoms with Crippen LogP contribution in [0.3, 0.4) is 0 Å². The van der Waals surface area contributed by atoms with Crippen molar-refractivity contribution in [1.29, 1.82) is 0 Å². The van der Waals surface area contributed by atoms with Gasteiger partial charge >= 0.3 is 0 Å². The molecule has 0 bridgehead atoms. The second-order valence-electron chi connectivity index (χ2n) is 6.04. The van der Waals surface area contributed by atoms with Crippen LogP contribution >= 0.6 is 11.6 Å². The smallest absolute Gasteiger partial charge is 0.223 e. The topological polar surface area (TPSA) is 41.6 Å². The van der Waals surface area contributed by atoms with Gasteiger partial charge in [-0.05, 0) is 45.0 Å². The van der Waals surface area contributed by atoms with Crippen LogP contribution in [0, 0.1) is 0 Å². The maximum atomic E-state index is 11.9. The molecule has 0 fully saturated rings. The quantitative estimate of drug-likeness (QED) is 0.841. The monoisotopic (exact) mass is 312 g/mol. The zero-order chi connectivity index (χ0) is 15.9. The summed E-state index contributed by atoms with van der Waals surface area (Å²) in [6.07, 6.45) is 0.495. The first-order valence-electron chi connectivity index (χ1n) is 7.15. The molecule has 0 aliphatic rings. The molecule has 0 spiro atoms. The van der Waals surface area contributed by atoms with Gasteiger partial charge in [0.2, 0.25) is 5.91 Å². The molecule has 1 N–H and O–H groups in total. The highest BCUT2D eigenvalue weighted by Gasteiger charge is 2.12. The van der Waals surface area contributed by atoms with Gasteiger partial charge in [0.15, 0.2) is 0 Å².